The number of hydrogen-bond acceptors (Lipinski definition) is 2. The van der Waals surface area contributed by atoms with E-state index in [1.54, 1.807) is 0 Å². The molecule has 1 heterocycles. The molecular formula is C21H28N4. The maximum atomic E-state index is 6.00. The van der Waals surface area contributed by atoms with Crippen LogP contribution in [0.15, 0.2) is 53.5 Å². The van der Waals surface area contributed by atoms with E-state index < -0.39 is 0 Å². The number of benzene rings is 2. The zero-order valence-corrected chi connectivity index (χ0v) is 15.0. The second kappa shape index (κ2) is 8.67. The van der Waals surface area contributed by atoms with E-state index in [1.165, 1.54) is 42.6 Å². The van der Waals surface area contributed by atoms with Gasteiger partial charge in [0.1, 0.15) is 0 Å². The Labute approximate surface area is 150 Å². The van der Waals surface area contributed by atoms with Crippen LogP contribution in [0.25, 0.3) is 0 Å². The third kappa shape index (κ3) is 5.33. The fourth-order valence-corrected chi connectivity index (χ4v) is 3.14. The minimum absolute atomic E-state index is 0.449. The van der Waals surface area contributed by atoms with E-state index in [0.29, 0.717) is 12.5 Å². The monoisotopic (exact) mass is 336 g/mol. The molecule has 3 rings (SSSR count). The van der Waals surface area contributed by atoms with Gasteiger partial charge in [-0.3, -0.25) is 4.90 Å². The standard InChI is InChI=1S/C21H28N4/c1-2-17-9-11-20(12-10-17)24-21(22)23-15-18-5-7-19(8-6-18)16-25-13-3-4-14-25/h5-12H,2-4,13-16H2,1H3,(H3,22,23,24). The zero-order valence-electron chi connectivity index (χ0n) is 15.0. The lowest BCUT2D eigenvalue weighted by Crippen LogP contribution is -2.22. The summed E-state index contributed by atoms with van der Waals surface area (Å²) in [4.78, 5) is 6.95. The van der Waals surface area contributed by atoms with Crippen LogP contribution < -0.4 is 11.1 Å². The van der Waals surface area contributed by atoms with Gasteiger partial charge in [-0.15, -0.1) is 0 Å². The minimum Gasteiger partial charge on any atom is -0.370 e. The topological polar surface area (TPSA) is 53.6 Å². The zero-order chi connectivity index (χ0) is 17.5. The van der Waals surface area contributed by atoms with Crippen molar-refractivity contribution in [3.05, 3.63) is 65.2 Å². The van der Waals surface area contributed by atoms with Crippen LogP contribution in [0.2, 0.25) is 0 Å². The first-order valence-electron chi connectivity index (χ1n) is 9.19. The van der Waals surface area contributed by atoms with Crippen LogP contribution in [-0.4, -0.2) is 23.9 Å². The molecule has 2 aromatic rings. The molecular weight excluding hydrogens is 308 g/mol. The number of guanidine groups is 1. The molecule has 0 saturated carbocycles. The first-order valence-corrected chi connectivity index (χ1v) is 9.19. The first kappa shape index (κ1) is 17.5. The van der Waals surface area contributed by atoms with E-state index in [2.05, 4.69) is 58.5 Å². The molecule has 0 aliphatic carbocycles. The van der Waals surface area contributed by atoms with Crippen molar-refractivity contribution >= 4 is 11.6 Å². The number of nitrogens with two attached hydrogens (primary N) is 1. The van der Waals surface area contributed by atoms with Crippen molar-refractivity contribution in [1.82, 2.24) is 4.90 Å². The highest BCUT2D eigenvalue weighted by Crippen LogP contribution is 2.14. The highest BCUT2D eigenvalue weighted by Gasteiger charge is 2.11. The maximum Gasteiger partial charge on any atom is 0.193 e. The molecule has 4 heteroatoms. The predicted octanol–water partition coefficient (Wildman–Crippen LogP) is 3.77. The first-order chi connectivity index (χ1) is 12.2. The number of likely N-dealkylation sites (tertiary alicyclic amines) is 1. The molecule has 4 nitrogen and oxygen atoms in total. The fourth-order valence-electron chi connectivity index (χ4n) is 3.14. The summed E-state index contributed by atoms with van der Waals surface area (Å²) in [5, 5.41) is 3.14. The van der Waals surface area contributed by atoms with Crippen molar-refractivity contribution in [2.45, 2.75) is 39.3 Å². The highest BCUT2D eigenvalue weighted by atomic mass is 15.1. The Kier molecular flexibility index (Phi) is 6.07. The highest BCUT2D eigenvalue weighted by molar-refractivity contribution is 5.92. The summed E-state index contributed by atoms with van der Waals surface area (Å²) < 4.78 is 0. The van der Waals surface area contributed by atoms with Gasteiger partial charge in [0.05, 0.1) is 6.54 Å². The Morgan fingerprint density at radius 1 is 0.960 bits per heavy atom. The molecule has 132 valence electrons. The number of aliphatic imine (C=N–C) groups is 1. The molecule has 0 bridgehead atoms. The molecule has 1 aliphatic rings. The number of hydrogen-bond donors (Lipinski definition) is 2. The van der Waals surface area contributed by atoms with Gasteiger partial charge in [0.25, 0.3) is 0 Å². The summed E-state index contributed by atoms with van der Waals surface area (Å²) in [5.41, 5.74) is 10.8. The Hall–Kier alpha value is -2.33. The molecule has 1 fully saturated rings. The van der Waals surface area contributed by atoms with Crippen molar-refractivity contribution < 1.29 is 0 Å². The summed E-state index contributed by atoms with van der Waals surface area (Å²) in [6, 6.07) is 17.0. The van der Waals surface area contributed by atoms with Gasteiger partial charge in [0, 0.05) is 12.2 Å². The van der Waals surface area contributed by atoms with Crippen LogP contribution in [0, 0.1) is 0 Å². The van der Waals surface area contributed by atoms with Crippen LogP contribution in [0.3, 0.4) is 0 Å². The molecule has 0 radical (unpaired) electrons. The van der Waals surface area contributed by atoms with Gasteiger partial charge in [0.2, 0.25) is 0 Å². The lowest BCUT2D eigenvalue weighted by molar-refractivity contribution is 0.331. The number of nitrogens with one attached hydrogen (secondary N) is 1. The second-order valence-corrected chi connectivity index (χ2v) is 6.68. The van der Waals surface area contributed by atoms with E-state index in [0.717, 1.165) is 18.7 Å². The maximum absolute atomic E-state index is 6.00. The molecule has 1 aliphatic heterocycles. The molecule has 0 unspecified atom stereocenters. The third-order valence-corrected chi connectivity index (χ3v) is 4.69. The van der Waals surface area contributed by atoms with E-state index in [1.807, 2.05) is 12.1 Å². The van der Waals surface area contributed by atoms with Gasteiger partial charge >= 0.3 is 0 Å². The molecule has 25 heavy (non-hydrogen) atoms. The Morgan fingerprint density at radius 3 is 2.20 bits per heavy atom. The van der Waals surface area contributed by atoms with Gasteiger partial charge in [-0.1, -0.05) is 43.3 Å². The van der Waals surface area contributed by atoms with Gasteiger partial charge in [-0.05, 0) is 61.2 Å². The summed E-state index contributed by atoms with van der Waals surface area (Å²) in [5.74, 6) is 0.449. The molecule has 0 aromatic heterocycles. The van der Waals surface area contributed by atoms with Crippen LogP contribution in [-0.2, 0) is 19.5 Å². The van der Waals surface area contributed by atoms with Crippen LogP contribution >= 0.6 is 0 Å². The number of rotatable bonds is 6. The quantitative estimate of drug-likeness (QED) is 0.623. The number of nitrogens with zero attached hydrogens (tertiary/aromatic N) is 2. The second-order valence-electron chi connectivity index (χ2n) is 6.68. The Bertz CT molecular complexity index is 683. The van der Waals surface area contributed by atoms with Crippen molar-refractivity contribution in [3.8, 4) is 0 Å². The predicted molar refractivity (Wildman–Crippen MR) is 106 cm³/mol. The average Bonchev–Trinajstić information content (AvgIpc) is 3.15. The van der Waals surface area contributed by atoms with Crippen LogP contribution in [0.5, 0.6) is 0 Å². The fraction of sp³-hybridized carbons (Fsp3) is 0.381. The largest absolute Gasteiger partial charge is 0.370 e. The minimum atomic E-state index is 0.449. The molecule has 0 spiro atoms. The number of aryl methyl sites for hydroxylation is 1. The van der Waals surface area contributed by atoms with Crippen molar-refractivity contribution in [1.29, 1.82) is 0 Å². The van der Waals surface area contributed by atoms with Gasteiger partial charge < -0.3 is 11.1 Å². The Balaban J connectivity index is 1.51. The van der Waals surface area contributed by atoms with Gasteiger partial charge in [-0.2, -0.15) is 0 Å². The van der Waals surface area contributed by atoms with E-state index in [-0.39, 0.29) is 0 Å². The van der Waals surface area contributed by atoms with E-state index >= 15 is 0 Å². The summed E-state index contributed by atoms with van der Waals surface area (Å²) >= 11 is 0. The van der Waals surface area contributed by atoms with Crippen molar-refractivity contribution in [2.24, 2.45) is 10.7 Å². The molecule has 1 saturated heterocycles. The Morgan fingerprint density at radius 2 is 1.56 bits per heavy atom. The summed E-state index contributed by atoms with van der Waals surface area (Å²) in [6.45, 7) is 6.26. The SMILES string of the molecule is CCc1ccc(NC(N)=NCc2ccc(CN3CCCC3)cc2)cc1. The third-order valence-electron chi connectivity index (χ3n) is 4.69. The van der Waals surface area contributed by atoms with E-state index in [4.69, 9.17) is 5.73 Å². The van der Waals surface area contributed by atoms with Gasteiger partial charge in [-0.25, -0.2) is 4.99 Å². The van der Waals surface area contributed by atoms with Crippen LogP contribution in [0.4, 0.5) is 5.69 Å². The smallest absolute Gasteiger partial charge is 0.193 e. The normalized spacial score (nSPS) is 15.5. The average molecular weight is 336 g/mol. The van der Waals surface area contributed by atoms with Crippen LogP contribution in [0.1, 0.15) is 36.5 Å². The molecule has 3 N–H and O–H groups in total. The summed E-state index contributed by atoms with van der Waals surface area (Å²) in [6.07, 6.45) is 3.71. The van der Waals surface area contributed by atoms with Crippen molar-refractivity contribution in [3.63, 3.8) is 0 Å². The lowest BCUT2D eigenvalue weighted by atomic mass is 10.1. The van der Waals surface area contributed by atoms with Crippen molar-refractivity contribution in [2.75, 3.05) is 18.4 Å². The van der Waals surface area contributed by atoms with E-state index in [9.17, 15) is 0 Å². The molecule has 2 aromatic carbocycles. The molecule has 0 amide bonds. The number of anilines is 1. The van der Waals surface area contributed by atoms with Gasteiger partial charge in [0.15, 0.2) is 5.96 Å². The molecule has 0 atom stereocenters. The lowest BCUT2D eigenvalue weighted by Gasteiger charge is -2.14. The summed E-state index contributed by atoms with van der Waals surface area (Å²) in [7, 11) is 0.